The normalized spacial score (nSPS) is 22.5. The number of hydrogen-bond acceptors (Lipinski definition) is 3. The molecule has 2 unspecified atom stereocenters. The molecular weight excluding hydrogens is 291 g/mol. The maximum Gasteiger partial charge on any atom is 0.243 e. The highest BCUT2D eigenvalue weighted by atomic mass is 35.5. The molecule has 2 rings (SSSR count). The molecule has 0 aliphatic heterocycles. The quantitative estimate of drug-likeness (QED) is 0.872. The molecule has 1 aromatic carbocycles. The van der Waals surface area contributed by atoms with Crippen LogP contribution in [0.2, 0.25) is 5.02 Å². The SMILES string of the molecule is CC1CC1CNS(=O)(=O)c1cc(Cl)cc(CN)c1F. The van der Waals surface area contributed by atoms with Crippen LogP contribution in [0.3, 0.4) is 0 Å². The Morgan fingerprint density at radius 1 is 1.53 bits per heavy atom. The van der Waals surface area contributed by atoms with Crippen molar-refractivity contribution in [3.63, 3.8) is 0 Å². The number of nitrogens with one attached hydrogen (secondary N) is 1. The molecule has 0 heterocycles. The van der Waals surface area contributed by atoms with Gasteiger partial charge in [0, 0.05) is 23.7 Å². The molecule has 106 valence electrons. The largest absolute Gasteiger partial charge is 0.326 e. The van der Waals surface area contributed by atoms with E-state index in [9.17, 15) is 12.8 Å². The van der Waals surface area contributed by atoms with Gasteiger partial charge in [0.05, 0.1) is 0 Å². The van der Waals surface area contributed by atoms with Crippen molar-refractivity contribution in [3.8, 4) is 0 Å². The third-order valence-electron chi connectivity index (χ3n) is 3.40. The van der Waals surface area contributed by atoms with Crippen molar-refractivity contribution in [1.82, 2.24) is 4.72 Å². The lowest BCUT2D eigenvalue weighted by Crippen LogP contribution is -2.27. The summed E-state index contributed by atoms with van der Waals surface area (Å²) in [5.74, 6) is 0.0285. The fourth-order valence-electron chi connectivity index (χ4n) is 1.94. The van der Waals surface area contributed by atoms with E-state index in [1.54, 1.807) is 0 Å². The second-order valence-corrected chi connectivity index (χ2v) is 7.08. The maximum absolute atomic E-state index is 14.0. The number of nitrogens with two attached hydrogens (primary N) is 1. The Hall–Kier alpha value is -0.690. The fraction of sp³-hybridized carbons (Fsp3) is 0.500. The number of halogens is 2. The van der Waals surface area contributed by atoms with Gasteiger partial charge in [0.25, 0.3) is 0 Å². The van der Waals surface area contributed by atoms with Gasteiger partial charge in [-0.05, 0) is 30.4 Å². The van der Waals surface area contributed by atoms with E-state index in [1.807, 2.05) is 6.92 Å². The topological polar surface area (TPSA) is 72.2 Å². The smallest absolute Gasteiger partial charge is 0.243 e. The standard InChI is InChI=1S/C12H16ClFN2O2S/c1-7-2-9(7)6-16-19(17,18)11-4-10(13)3-8(5-15)12(11)14/h3-4,7,9,16H,2,5-6,15H2,1H3. The van der Waals surface area contributed by atoms with Gasteiger partial charge in [0.15, 0.2) is 0 Å². The summed E-state index contributed by atoms with van der Waals surface area (Å²) in [4.78, 5) is -0.436. The van der Waals surface area contributed by atoms with Crippen LogP contribution in [0.4, 0.5) is 4.39 Å². The van der Waals surface area contributed by atoms with Crippen LogP contribution in [-0.4, -0.2) is 15.0 Å². The zero-order valence-electron chi connectivity index (χ0n) is 10.5. The molecule has 1 aliphatic carbocycles. The Labute approximate surface area is 117 Å². The zero-order valence-corrected chi connectivity index (χ0v) is 12.1. The molecule has 0 spiro atoms. The highest BCUT2D eigenvalue weighted by molar-refractivity contribution is 7.89. The average molecular weight is 307 g/mol. The molecule has 0 radical (unpaired) electrons. The minimum Gasteiger partial charge on any atom is -0.326 e. The molecule has 1 saturated carbocycles. The van der Waals surface area contributed by atoms with Crippen LogP contribution in [0.1, 0.15) is 18.9 Å². The van der Waals surface area contributed by atoms with Crippen molar-refractivity contribution in [2.45, 2.75) is 24.8 Å². The highest BCUT2D eigenvalue weighted by Gasteiger charge is 2.34. The molecule has 1 aromatic rings. The second kappa shape index (κ2) is 5.36. The molecule has 0 amide bonds. The van der Waals surface area contributed by atoms with Crippen LogP contribution in [0.15, 0.2) is 17.0 Å². The molecule has 7 heteroatoms. The molecule has 0 saturated heterocycles. The summed E-state index contributed by atoms with van der Waals surface area (Å²) in [6.07, 6.45) is 0.995. The molecule has 19 heavy (non-hydrogen) atoms. The van der Waals surface area contributed by atoms with Gasteiger partial charge < -0.3 is 5.73 Å². The minimum absolute atomic E-state index is 0.0904. The zero-order chi connectivity index (χ0) is 14.2. The van der Waals surface area contributed by atoms with Crippen LogP contribution < -0.4 is 10.5 Å². The van der Waals surface area contributed by atoms with Gasteiger partial charge in [-0.25, -0.2) is 17.5 Å². The monoisotopic (exact) mass is 306 g/mol. The summed E-state index contributed by atoms with van der Waals surface area (Å²) in [5.41, 5.74) is 5.46. The highest BCUT2D eigenvalue weighted by Crippen LogP contribution is 2.37. The number of rotatable bonds is 5. The van der Waals surface area contributed by atoms with Crippen molar-refractivity contribution in [2.24, 2.45) is 17.6 Å². The number of benzene rings is 1. The molecule has 4 nitrogen and oxygen atoms in total. The Kier molecular flexibility index (Phi) is 4.15. The van der Waals surface area contributed by atoms with Gasteiger partial charge in [0.1, 0.15) is 10.7 Å². The van der Waals surface area contributed by atoms with Gasteiger partial charge in [-0.1, -0.05) is 18.5 Å². The predicted octanol–water partition coefficient (Wildman–Crippen LogP) is 1.87. The van der Waals surface area contributed by atoms with Crippen LogP contribution in [0.5, 0.6) is 0 Å². The van der Waals surface area contributed by atoms with Gasteiger partial charge in [0.2, 0.25) is 10.0 Å². The van der Waals surface area contributed by atoms with E-state index in [-0.39, 0.29) is 17.1 Å². The molecule has 1 aliphatic rings. The van der Waals surface area contributed by atoms with Crippen LogP contribution in [-0.2, 0) is 16.6 Å². The Balaban J connectivity index is 2.26. The van der Waals surface area contributed by atoms with Gasteiger partial charge in [-0.3, -0.25) is 0 Å². The van der Waals surface area contributed by atoms with Crippen molar-refractivity contribution < 1.29 is 12.8 Å². The van der Waals surface area contributed by atoms with Crippen LogP contribution in [0.25, 0.3) is 0 Å². The van der Waals surface area contributed by atoms with Gasteiger partial charge in [-0.15, -0.1) is 0 Å². The summed E-state index contributed by atoms with van der Waals surface area (Å²) < 4.78 is 40.6. The van der Waals surface area contributed by atoms with E-state index in [0.29, 0.717) is 18.4 Å². The fourth-order valence-corrected chi connectivity index (χ4v) is 3.48. The van der Waals surface area contributed by atoms with Crippen LogP contribution in [0, 0.1) is 17.7 Å². The first-order chi connectivity index (χ1) is 8.85. The third-order valence-corrected chi connectivity index (χ3v) is 5.04. The van der Waals surface area contributed by atoms with E-state index in [2.05, 4.69) is 4.72 Å². The van der Waals surface area contributed by atoms with Crippen molar-refractivity contribution in [3.05, 3.63) is 28.5 Å². The van der Waals surface area contributed by atoms with E-state index in [4.69, 9.17) is 17.3 Å². The van der Waals surface area contributed by atoms with Crippen molar-refractivity contribution in [2.75, 3.05) is 6.54 Å². The Morgan fingerprint density at radius 2 is 2.16 bits per heavy atom. The molecule has 1 fully saturated rings. The van der Waals surface area contributed by atoms with E-state index in [1.165, 1.54) is 6.07 Å². The summed E-state index contributed by atoms with van der Waals surface area (Å²) in [7, 11) is -3.89. The predicted molar refractivity (Wildman–Crippen MR) is 71.8 cm³/mol. The summed E-state index contributed by atoms with van der Waals surface area (Å²) in [5, 5.41) is 0.155. The van der Waals surface area contributed by atoms with Gasteiger partial charge >= 0.3 is 0 Å². The van der Waals surface area contributed by atoms with E-state index in [0.717, 1.165) is 12.5 Å². The summed E-state index contributed by atoms with van der Waals surface area (Å²) in [6.45, 7) is 2.27. The maximum atomic E-state index is 14.0. The lowest BCUT2D eigenvalue weighted by molar-refractivity contribution is 0.546. The van der Waals surface area contributed by atoms with Gasteiger partial charge in [-0.2, -0.15) is 0 Å². The van der Waals surface area contributed by atoms with Crippen molar-refractivity contribution >= 4 is 21.6 Å². The Bertz CT molecular complexity index is 592. The Morgan fingerprint density at radius 3 is 2.68 bits per heavy atom. The third kappa shape index (κ3) is 3.25. The van der Waals surface area contributed by atoms with Crippen molar-refractivity contribution in [1.29, 1.82) is 0 Å². The first kappa shape index (κ1) is 14.7. The first-order valence-electron chi connectivity index (χ1n) is 6.03. The average Bonchev–Trinajstić information content (AvgIpc) is 3.05. The minimum atomic E-state index is -3.89. The number of sulfonamides is 1. The van der Waals surface area contributed by atoms with Crippen LogP contribution >= 0.6 is 11.6 Å². The van der Waals surface area contributed by atoms with E-state index < -0.39 is 20.7 Å². The summed E-state index contributed by atoms with van der Waals surface area (Å²) in [6, 6.07) is 2.44. The number of hydrogen-bond donors (Lipinski definition) is 2. The molecular formula is C12H16ClFN2O2S. The summed E-state index contributed by atoms with van der Waals surface area (Å²) >= 11 is 5.79. The molecule has 2 atom stereocenters. The first-order valence-corrected chi connectivity index (χ1v) is 7.89. The lowest BCUT2D eigenvalue weighted by Gasteiger charge is -2.10. The lowest BCUT2D eigenvalue weighted by atomic mass is 10.2. The molecule has 0 aromatic heterocycles. The second-order valence-electron chi connectivity index (χ2n) is 4.91. The van der Waals surface area contributed by atoms with E-state index >= 15 is 0 Å². The molecule has 3 N–H and O–H groups in total. The molecule has 0 bridgehead atoms.